The van der Waals surface area contributed by atoms with Crippen LogP contribution in [0.1, 0.15) is 6.42 Å². The molecule has 0 atom stereocenters. The number of rotatable bonds is 7. The van der Waals surface area contributed by atoms with E-state index in [4.69, 9.17) is 0 Å². The van der Waals surface area contributed by atoms with Crippen molar-refractivity contribution in [3.8, 4) is 0 Å². The lowest BCUT2D eigenvalue weighted by Gasteiger charge is -2.20. The first kappa shape index (κ1) is 12.5. The quantitative estimate of drug-likeness (QED) is 0.492. The topological polar surface area (TPSA) is 32.3 Å². The van der Waals surface area contributed by atoms with E-state index in [2.05, 4.69) is 11.9 Å². The molecular formula is C9H18N2OS. The number of hydrogen-bond donors (Lipinski definition) is 1. The average Bonchev–Trinajstić information content (AvgIpc) is 2.14. The highest BCUT2D eigenvalue weighted by Crippen LogP contribution is 1.99. The van der Waals surface area contributed by atoms with Gasteiger partial charge in [0.15, 0.2) is 0 Å². The maximum absolute atomic E-state index is 11.5. The predicted octanol–water partition coefficient (Wildman–Crippen LogP) is 0.931. The SMILES string of the molecule is C=CCN(CNC)C(=O)CCSC. The Kier molecular flexibility index (Phi) is 7.83. The Morgan fingerprint density at radius 3 is 2.85 bits per heavy atom. The summed E-state index contributed by atoms with van der Waals surface area (Å²) < 4.78 is 0. The Balaban J connectivity index is 3.87. The van der Waals surface area contributed by atoms with Crippen LogP contribution >= 0.6 is 11.8 Å². The molecule has 0 radical (unpaired) electrons. The van der Waals surface area contributed by atoms with Gasteiger partial charge in [-0.3, -0.25) is 4.79 Å². The van der Waals surface area contributed by atoms with Gasteiger partial charge in [-0.2, -0.15) is 11.8 Å². The second-order valence-electron chi connectivity index (χ2n) is 2.66. The van der Waals surface area contributed by atoms with Crippen LogP contribution in [0.3, 0.4) is 0 Å². The molecule has 13 heavy (non-hydrogen) atoms. The minimum atomic E-state index is 0.184. The van der Waals surface area contributed by atoms with E-state index in [9.17, 15) is 4.79 Å². The number of thioether (sulfide) groups is 1. The molecule has 0 aromatic rings. The smallest absolute Gasteiger partial charge is 0.224 e. The van der Waals surface area contributed by atoms with Crippen LogP contribution in [0.5, 0.6) is 0 Å². The molecule has 0 rings (SSSR count). The van der Waals surface area contributed by atoms with Gasteiger partial charge in [0.1, 0.15) is 0 Å². The van der Waals surface area contributed by atoms with E-state index >= 15 is 0 Å². The van der Waals surface area contributed by atoms with Gasteiger partial charge in [0.05, 0.1) is 6.67 Å². The number of carbonyl (C=O) groups is 1. The largest absolute Gasteiger partial charge is 0.326 e. The summed E-state index contributed by atoms with van der Waals surface area (Å²) in [4.78, 5) is 13.3. The minimum Gasteiger partial charge on any atom is -0.326 e. The maximum Gasteiger partial charge on any atom is 0.224 e. The van der Waals surface area contributed by atoms with E-state index in [1.165, 1.54) is 0 Å². The molecule has 0 unspecified atom stereocenters. The van der Waals surface area contributed by atoms with Gasteiger partial charge in [-0.25, -0.2) is 0 Å². The summed E-state index contributed by atoms with van der Waals surface area (Å²) in [6, 6.07) is 0. The van der Waals surface area contributed by atoms with Crippen LogP contribution in [-0.2, 0) is 4.79 Å². The van der Waals surface area contributed by atoms with Crippen LogP contribution in [0.4, 0.5) is 0 Å². The zero-order valence-electron chi connectivity index (χ0n) is 8.38. The van der Waals surface area contributed by atoms with Crippen LogP contribution in [0, 0.1) is 0 Å². The molecule has 0 aliphatic carbocycles. The predicted molar refractivity (Wildman–Crippen MR) is 58.8 cm³/mol. The zero-order chi connectivity index (χ0) is 10.1. The Morgan fingerprint density at radius 1 is 1.69 bits per heavy atom. The summed E-state index contributed by atoms with van der Waals surface area (Å²) in [5, 5.41) is 2.96. The van der Waals surface area contributed by atoms with Crippen molar-refractivity contribution in [2.45, 2.75) is 6.42 Å². The molecule has 76 valence electrons. The van der Waals surface area contributed by atoms with Crippen molar-refractivity contribution in [2.24, 2.45) is 0 Å². The Hall–Kier alpha value is -0.480. The third-order valence-corrected chi connectivity index (χ3v) is 2.18. The van der Waals surface area contributed by atoms with Crippen LogP contribution in [-0.4, -0.2) is 43.1 Å². The molecule has 0 saturated heterocycles. The van der Waals surface area contributed by atoms with E-state index in [1.807, 2.05) is 13.3 Å². The summed E-state index contributed by atoms with van der Waals surface area (Å²) in [7, 11) is 1.83. The lowest BCUT2D eigenvalue weighted by molar-refractivity contribution is -0.130. The van der Waals surface area contributed by atoms with Crippen LogP contribution < -0.4 is 5.32 Å². The van der Waals surface area contributed by atoms with E-state index in [0.717, 1.165) is 5.75 Å². The molecule has 0 aromatic heterocycles. The van der Waals surface area contributed by atoms with Gasteiger partial charge < -0.3 is 10.2 Å². The van der Waals surface area contributed by atoms with Crippen molar-refractivity contribution in [1.82, 2.24) is 10.2 Å². The first-order chi connectivity index (χ1) is 6.26. The Morgan fingerprint density at radius 2 is 2.38 bits per heavy atom. The van der Waals surface area contributed by atoms with E-state index in [-0.39, 0.29) is 5.91 Å². The highest BCUT2D eigenvalue weighted by atomic mass is 32.2. The van der Waals surface area contributed by atoms with Crippen molar-refractivity contribution >= 4 is 17.7 Å². The van der Waals surface area contributed by atoms with Crippen LogP contribution in [0.15, 0.2) is 12.7 Å². The van der Waals surface area contributed by atoms with Gasteiger partial charge >= 0.3 is 0 Å². The summed E-state index contributed by atoms with van der Waals surface area (Å²) in [6.45, 7) is 4.83. The fourth-order valence-corrected chi connectivity index (χ4v) is 1.33. The summed E-state index contributed by atoms with van der Waals surface area (Å²) in [6.07, 6.45) is 4.36. The minimum absolute atomic E-state index is 0.184. The molecule has 0 spiro atoms. The molecule has 0 fully saturated rings. The molecule has 1 N–H and O–H groups in total. The van der Waals surface area contributed by atoms with Gasteiger partial charge in [-0.05, 0) is 13.3 Å². The average molecular weight is 202 g/mol. The highest BCUT2D eigenvalue weighted by Gasteiger charge is 2.09. The number of carbonyl (C=O) groups excluding carboxylic acids is 1. The number of nitrogens with one attached hydrogen (secondary N) is 1. The second kappa shape index (κ2) is 8.13. The number of hydrogen-bond acceptors (Lipinski definition) is 3. The molecule has 3 nitrogen and oxygen atoms in total. The molecule has 0 aliphatic heterocycles. The van der Waals surface area contributed by atoms with Crippen molar-refractivity contribution in [3.05, 3.63) is 12.7 Å². The van der Waals surface area contributed by atoms with E-state index < -0.39 is 0 Å². The molecule has 0 heterocycles. The van der Waals surface area contributed by atoms with Crippen LogP contribution in [0.25, 0.3) is 0 Å². The molecule has 4 heteroatoms. The fourth-order valence-electron chi connectivity index (χ4n) is 0.949. The van der Waals surface area contributed by atoms with Crippen molar-refractivity contribution < 1.29 is 4.79 Å². The van der Waals surface area contributed by atoms with Gasteiger partial charge in [0, 0.05) is 18.7 Å². The lowest BCUT2D eigenvalue weighted by Crippen LogP contribution is -2.37. The molecule has 0 aliphatic rings. The standard InChI is InChI=1S/C9H18N2OS/c1-4-6-11(8-10-2)9(12)5-7-13-3/h4,10H,1,5-8H2,2-3H3. The second-order valence-corrected chi connectivity index (χ2v) is 3.64. The maximum atomic E-state index is 11.5. The molecule has 0 bridgehead atoms. The molecule has 0 aromatic carbocycles. The van der Waals surface area contributed by atoms with Gasteiger partial charge in [-0.1, -0.05) is 6.08 Å². The van der Waals surface area contributed by atoms with Crippen molar-refractivity contribution in [2.75, 3.05) is 32.3 Å². The summed E-state index contributed by atoms with van der Waals surface area (Å²) in [5.74, 6) is 1.07. The van der Waals surface area contributed by atoms with Crippen LogP contribution in [0.2, 0.25) is 0 Å². The van der Waals surface area contributed by atoms with Crippen molar-refractivity contribution in [1.29, 1.82) is 0 Å². The van der Waals surface area contributed by atoms with Gasteiger partial charge in [0.2, 0.25) is 5.91 Å². The van der Waals surface area contributed by atoms with E-state index in [0.29, 0.717) is 19.6 Å². The first-order valence-electron chi connectivity index (χ1n) is 4.28. The van der Waals surface area contributed by atoms with Gasteiger partial charge in [-0.15, -0.1) is 6.58 Å². The summed E-state index contributed by atoms with van der Waals surface area (Å²) >= 11 is 1.69. The third-order valence-electron chi connectivity index (χ3n) is 1.57. The third kappa shape index (κ3) is 5.71. The fraction of sp³-hybridized carbons (Fsp3) is 0.667. The van der Waals surface area contributed by atoms with Crippen molar-refractivity contribution in [3.63, 3.8) is 0 Å². The summed E-state index contributed by atoms with van der Waals surface area (Å²) in [5.41, 5.74) is 0. The number of nitrogens with zero attached hydrogens (tertiary/aromatic N) is 1. The molecular weight excluding hydrogens is 184 g/mol. The van der Waals surface area contributed by atoms with Gasteiger partial charge in [0.25, 0.3) is 0 Å². The Bertz CT molecular complexity index is 162. The normalized spacial score (nSPS) is 9.69. The number of amides is 1. The van der Waals surface area contributed by atoms with E-state index in [1.54, 1.807) is 22.7 Å². The first-order valence-corrected chi connectivity index (χ1v) is 5.67. The Labute approximate surface area is 84.6 Å². The monoisotopic (exact) mass is 202 g/mol. The molecule has 0 saturated carbocycles. The molecule has 1 amide bonds. The zero-order valence-corrected chi connectivity index (χ0v) is 9.19. The lowest BCUT2D eigenvalue weighted by atomic mass is 10.4. The highest BCUT2D eigenvalue weighted by molar-refractivity contribution is 7.98.